The second-order valence-electron chi connectivity index (χ2n) is 4.98. The standard InChI is InChI=1S/C14H22N4S/c1-9-5-8-14(19-9)13(16-15)7-6-12-10(2)17-18(4)11(12)3/h5,8,13,16H,6-7,15H2,1-4H3. The molecule has 19 heavy (non-hydrogen) atoms. The van der Waals surface area contributed by atoms with Crippen LogP contribution in [0.4, 0.5) is 0 Å². The van der Waals surface area contributed by atoms with Crippen molar-refractivity contribution in [2.45, 2.75) is 39.7 Å². The van der Waals surface area contributed by atoms with Crippen molar-refractivity contribution in [3.05, 3.63) is 38.8 Å². The molecule has 0 fully saturated rings. The van der Waals surface area contributed by atoms with E-state index < -0.39 is 0 Å². The SMILES string of the molecule is Cc1ccc(C(CCc2c(C)nn(C)c2C)NN)s1. The Morgan fingerprint density at radius 1 is 1.37 bits per heavy atom. The number of nitrogens with zero attached hydrogens (tertiary/aromatic N) is 2. The summed E-state index contributed by atoms with van der Waals surface area (Å²) in [5.41, 5.74) is 6.64. The smallest absolute Gasteiger partial charge is 0.0628 e. The molecule has 1 atom stereocenters. The van der Waals surface area contributed by atoms with Gasteiger partial charge in [-0.05, 0) is 51.3 Å². The van der Waals surface area contributed by atoms with Crippen LogP contribution in [-0.4, -0.2) is 9.78 Å². The van der Waals surface area contributed by atoms with Gasteiger partial charge in [0, 0.05) is 22.5 Å². The van der Waals surface area contributed by atoms with Crippen molar-refractivity contribution >= 4 is 11.3 Å². The fraction of sp³-hybridized carbons (Fsp3) is 0.500. The average molecular weight is 278 g/mol. The highest BCUT2D eigenvalue weighted by Gasteiger charge is 2.15. The highest BCUT2D eigenvalue weighted by Crippen LogP contribution is 2.26. The van der Waals surface area contributed by atoms with Crippen LogP contribution in [0.5, 0.6) is 0 Å². The summed E-state index contributed by atoms with van der Waals surface area (Å²) < 4.78 is 1.95. The van der Waals surface area contributed by atoms with E-state index >= 15 is 0 Å². The number of aryl methyl sites for hydroxylation is 3. The zero-order valence-electron chi connectivity index (χ0n) is 12.0. The van der Waals surface area contributed by atoms with E-state index in [1.165, 1.54) is 21.0 Å². The van der Waals surface area contributed by atoms with Crippen LogP contribution >= 0.6 is 11.3 Å². The molecular formula is C14H22N4S. The molecule has 2 heterocycles. The molecule has 0 amide bonds. The van der Waals surface area contributed by atoms with Gasteiger partial charge in [0.15, 0.2) is 0 Å². The number of aromatic nitrogens is 2. The van der Waals surface area contributed by atoms with Crippen molar-refractivity contribution in [3.63, 3.8) is 0 Å². The van der Waals surface area contributed by atoms with Gasteiger partial charge in [-0.15, -0.1) is 11.3 Å². The average Bonchev–Trinajstić information content (AvgIpc) is 2.89. The maximum atomic E-state index is 5.70. The Labute approximate surface area is 118 Å². The maximum Gasteiger partial charge on any atom is 0.0628 e. The van der Waals surface area contributed by atoms with Crippen molar-refractivity contribution < 1.29 is 0 Å². The maximum absolute atomic E-state index is 5.70. The van der Waals surface area contributed by atoms with Crippen LogP contribution in [-0.2, 0) is 13.5 Å². The van der Waals surface area contributed by atoms with E-state index in [1.54, 1.807) is 11.3 Å². The quantitative estimate of drug-likeness (QED) is 0.653. The third-order valence-electron chi connectivity index (χ3n) is 3.65. The van der Waals surface area contributed by atoms with Crippen LogP contribution in [0.15, 0.2) is 12.1 Å². The number of rotatable bonds is 5. The first kappa shape index (κ1) is 14.2. The number of nitrogens with two attached hydrogens (primary N) is 1. The van der Waals surface area contributed by atoms with Gasteiger partial charge in [0.25, 0.3) is 0 Å². The molecular weight excluding hydrogens is 256 g/mol. The first-order valence-corrected chi connectivity index (χ1v) is 7.36. The number of hydrogen-bond donors (Lipinski definition) is 2. The largest absolute Gasteiger partial charge is 0.272 e. The fourth-order valence-corrected chi connectivity index (χ4v) is 3.39. The lowest BCUT2D eigenvalue weighted by Gasteiger charge is -2.14. The Bertz CT molecular complexity index is 556. The van der Waals surface area contributed by atoms with Crippen LogP contribution in [0, 0.1) is 20.8 Å². The van der Waals surface area contributed by atoms with Gasteiger partial charge in [-0.3, -0.25) is 16.0 Å². The molecule has 0 aliphatic rings. The van der Waals surface area contributed by atoms with Gasteiger partial charge in [0.05, 0.1) is 11.7 Å². The van der Waals surface area contributed by atoms with Crippen molar-refractivity contribution in [2.24, 2.45) is 12.9 Å². The van der Waals surface area contributed by atoms with E-state index in [1.807, 2.05) is 11.7 Å². The summed E-state index contributed by atoms with van der Waals surface area (Å²) in [6.07, 6.45) is 1.99. The molecule has 4 nitrogen and oxygen atoms in total. The Kier molecular flexibility index (Phi) is 4.39. The lowest BCUT2D eigenvalue weighted by Crippen LogP contribution is -2.27. The van der Waals surface area contributed by atoms with Gasteiger partial charge in [-0.2, -0.15) is 5.10 Å². The summed E-state index contributed by atoms with van der Waals surface area (Å²) in [4.78, 5) is 2.63. The van der Waals surface area contributed by atoms with Crippen LogP contribution in [0.3, 0.4) is 0 Å². The minimum absolute atomic E-state index is 0.220. The second kappa shape index (κ2) is 5.86. The topological polar surface area (TPSA) is 55.9 Å². The van der Waals surface area contributed by atoms with Crippen LogP contribution < -0.4 is 11.3 Å². The summed E-state index contributed by atoms with van der Waals surface area (Å²) in [7, 11) is 1.99. The molecule has 0 aromatic carbocycles. The van der Waals surface area contributed by atoms with Gasteiger partial charge in [0.2, 0.25) is 0 Å². The summed E-state index contributed by atoms with van der Waals surface area (Å²) in [5.74, 6) is 5.70. The molecule has 2 aromatic heterocycles. The first-order valence-electron chi connectivity index (χ1n) is 6.54. The molecule has 0 aliphatic heterocycles. The normalized spacial score (nSPS) is 12.9. The predicted molar refractivity (Wildman–Crippen MR) is 80.1 cm³/mol. The molecule has 2 rings (SSSR count). The van der Waals surface area contributed by atoms with E-state index in [4.69, 9.17) is 5.84 Å². The molecule has 1 unspecified atom stereocenters. The van der Waals surface area contributed by atoms with E-state index in [9.17, 15) is 0 Å². The first-order chi connectivity index (χ1) is 9.02. The van der Waals surface area contributed by atoms with Crippen LogP contribution in [0.2, 0.25) is 0 Å². The monoisotopic (exact) mass is 278 g/mol. The Morgan fingerprint density at radius 3 is 2.58 bits per heavy atom. The van der Waals surface area contributed by atoms with Gasteiger partial charge in [-0.25, -0.2) is 0 Å². The Balaban J connectivity index is 2.08. The lowest BCUT2D eigenvalue weighted by atomic mass is 10.0. The van der Waals surface area contributed by atoms with Crippen LogP contribution in [0.25, 0.3) is 0 Å². The molecule has 104 valence electrons. The minimum atomic E-state index is 0.220. The summed E-state index contributed by atoms with van der Waals surface area (Å²) >= 11 is 1.81. The van der Waals surface area contributed by atoms with Gasteiger partial charge >= 0.3 is 0 Å². The molecule has 2 aromatic rings. The number of hydrazine groups is 1. The van der Waals surface area contributed by atoms with E-state index in [-0.39, 0.29) is 6.04 Å². The van der Waals surface area contributed by atoms with E-state index in [0.717, 1.165) is 18.5 Å². The minimum Gasteiger partial charge on any atom is -0.272 e. The molecule has 0 spiro atoms. The second-order valence-corrected chi connectivity index (χ2v) is 6.30. The summed E-state index contributed by atoms with van der Waals surface area (Å²) in [6.45, 7) is 6.31. The summed E-state index contributed by atoms with van der Waals surface area (Å²) in [6, 6.07) is 4.52. The fourth-order valence-electron chi connectivity index (χ4n) is 2.42. The van der Waals surface area contributed by atoms with Crippen molar-refractivity contribution in [2.75, 3.05) is 0 Å². The molecule has 0 saturated heterocycles. The molecule has 5 heteroatoms. The molecule has 0 radical (unpaired) electrons. The Hall–Kier alpha value is -1.17. The molecule has 0 aliphatic carbocycles. The van der Waals surface area contributed by atoms with Crippen molar-refractivity contribution in [1.29, 1.82) is 0 Å². The van der Waals surface area contributed by atoms with E-state index in [2.05, 4.69) is 43.4 Å². The third-order valence-corrected chi connectivity index (χ3v) is 4.76. The predicted octanol–water partition coefficient (Wildman–Crippen LogP) is 2.54. The van der Waals surface area contributed by atoms with Crippen molar-refractivity contribution in [1.82, 2.24) is 15.2 Å². The number of hydrogen-bond acceptors (Lipinski definition) is 4. The molecule has 0 bridgehead atoms. The summed E-state index contributed by atoms with van der Waals surface area (Å²) in [5, 5.41) is 4.46. The lowest BCUT2D eigenvalue weighted by molar-refractivity contribution is 0.523. The molecule has 3 N–H and O–H groups in total. The van der Waals surface area contributed by atoms with E-state index in [0.29, 0.717) is 0 Å². The molecule has 0 saturated carbocycles. The highest BCUT2D eigenvalue weighted by molar-refractivity contribution is 7.12. The van der Waals surface area contributed by atoms with Crippen LogP contribution in [0.1, 0.15) is 39.2 Å². The zero-order chi connectivity index (χ0) is 14.0. The zero-order valence-corrected chi connectivity index (χ0v) is 12.8. The third kappa shape index (κ3) is 3.05. The van der Waals surface area contributed by atoms with Crippen molar-refractivity contribution in [3.8, 4) is 0 Å². The highest BCUT2D eigenvalue weighted by atomic mass is 32.1. The number of thiophene rings is 1. The van der Waals surface area contributed by atoms with Gasteiger partial charge in [-0.1, -0.05) is 0 Å². The Morgan fingerprint density at radius 2 is 2.11 bits per heavy atom. The van der Waals surface area contributed by atoms with Gasteiger partial charge < -0.3 is 0 Å². The van der Waals surface area contributed by atoms with Gasteiger partial charge in [0.1, 0.15) is 0 Å². The number of nitrogens with one attached hydrogen (secondary N) is 1.